The fourth-order valence-electron chi connectivity index (χ4n) is 1.84. The quantitative estimate of drug-likeness (QED) is 0.748. The summed E-state index contributed by atoms with van der Waals surface area (Å²) >= 11 is 0. The highest BCUT2D eigenvalue weighted by molar-refractivity contribution is 6.05. The minimum atomic E-state index is -0.250. The van der Waals surface area contributed by atoms with E-state index in [1.54, 1.807) is 36.4 Å². The second-order valence-corrected chi connectivity index (χ2v) is 4.49. The van der Waals surface area contributed by atoms with E-state index in [2.05, 4.69) is 5.32 Å². The van der Waals surface area contributed by atoms with E-state index in [0.29, 0.717) is 28.4 Å². The van der Waals surface area contributed by atoms with Crippen molar-refractivity contribution in [2.45, 2.75) is 6.92 Å². The molecule has 0 unspecified atom stereocenters. The molecule has 0 radical (unpaired) electrons. The van der Waals surface area contributed by atoms with Crippen molar-refractivity contribution in [3.05, 3.63) is 47.5 Å². The first-order valence-corrected chi connectivity index (χ1v) is 6.12. The zero-order valence-electron chi connectivity index (χ0n) is 11.4. The minimum Gasteiger partial charge on any atom is -0.494 e. The monoisotopic (exact) mass is 271 g/mol. The molecule has 20 heavy (non-hydrogen) atoms. The molecule has 2 aromatic rings. The molecule has 0 aliphatic rings. The minimum absolute atomic E-state index is 0.250. The number of nitrogens with two attached hydrogens (primary N) is 2. The number of carbonyl (C=O) groups is 1. The van der Waals surface area contributed by atoms with E-state index >= 15 is 0 Å². The number of ether oxygens (including phenoxy) is 1. The third-order valence-electron chi connectivity index (χ3n) is 2.99. The lowest BCUT2D eigenvalue weighted by Crippen LogP contribution is -2.13. The number of nitrogens with one attached hydrogen (secondary N) is 1. The molecule has 5 nitrogen and oxygen atoms in total. The van der Waals surface area contributed by atoms with Crippen molar-refractivity contribution in [1.82, 2.24) is 0 Å². The second kappa shape index (κ2) is 5.52. The van der Waals surface area contributed by atoms with Gasteiger partial charge in [0.1, 0.15) is 5.75 Å². The van der Waals surface area contributed by atoms with E-state index in [1.807, 2.05) is 6.92 Å². The Morgan fingerprint density at radius 2 is 1.95 bits per heavy atom. The first-order chi connectivity index (χ1) is 9.51. The van der Waals surface area contributed by atoms with E-state index in [9.17, 15) is 4.79 Å². The van der Waals surface area contributed by atoms with Crippen LogP contribution in [0.4, 0.5) is 17.1 Å². The highest BCUT2D eigenvalue weighted by Crippen LogP contribution is 2.30. The maximum atomic E-state index is 12.2. The maximum Gasteiger partial charge on any atom is 0.255 e. The molecule has 2 rings (SSSR count). The Morgan fingerprint density at radius 1 is 1.20 bits per heavy atom. The summed E-state index contributed by atoms with van der Waals surface area (Å²) in [4.78, 5) is 12.2. The number of amides is 1. The molecule has 0 atom stereocenters. The van der Waals surface area contributed by atoms with Crippen LogP contribution in [0.3, 0.4) is 0 Å². The molecule has 0 aliphatic carbocycles. The SMILES string of the molecule is COc1cc(N)c(C)cc1NC(=O)c1cccc(N)c1. The number of nitrogen functional groups attached to an aromatic ring is 2. The summed E-state index contributed by atoms with van der Waals surface area (Å²) in [5.74, 6) is 0.269. The predicted octanol–water partition coefficient (Wildman–Crippen LogP) is 2.42. The molecule has 0 saturated heterocycles. The molecule has 1 amide bonds. The molecule has 0 saturated carbocycles. The summed E-state index contributed by atoms with van der Waals surface area (Å²) in [6.45, 7) is 1.87. The van der Waals surface area contributed by atoms with Crippen LogP contribution in [0.5, 0.6) is 5.75 Å². The van der Waals surface area contributed by atoms with Crippen LogP contribution < -0.4 is 21.5 Å². The van der Waals surface area contributed by atoms with Gasteiger partial charge < -0.3 is 21.5 Å². The van der Waals surface area contributed by atoms with Crippen LogP contribution in [-0.4, -0.2) is 13.0 Å². The van der Waals surface area contributed by atoms with Gasteiger partial charge in [0.2, 0.25) is 0 Å². The van der Waals surface area contributed by atoms with Crippen molar-refractivity contribution in [3.63, 3.8) is 0 Å². The van der Waals surface area contributed by atoms with Gasteiger partial charge >= 0.3 is 0 Å². The molecule has 2 aromatic carbocycles. The van der Waals surface area contributed by atoms with Gasteiger partial charge in [0.25, 0.3) is 5.91 Å². The van der Waals surface area contributed by atoms with Gasteiger partial charge in [-0.1, -0.05) is 6.07 Å². The molecule has 104 valence electrons. The van der Waals surface area contributed by atoms with Gasteiger partial charge in [-0.2, -0.15) is 0 Å². The third-order valence-corrected chi connectivity index (χ3v) is 2.99. The smallest absolute Gasteiger partial charge is 0.255 e. The maximum absolute atomic E-state index is 12.2. The van der Waals surface area contributed by atoms with Gasteiger partial charge in [0.05, 0.1) is 12.8 Å². The van der Waals surface area contributed by atoms with Crippen LogP contribution in [-0.2, 0) is 0 Å². The van der Waals surface area contributed by atoms with E-state index < -0.39 is 0 Å². The van der Waals surface area contributed by atoms with Gasteiger partial charge in [0.15, 0.2) is 0 Å². The normalized spacial score (nSPS) is 10.1. The molecule has 5 N–H and O–H groups in total. The van der Waals surface area contributed by atoms with Crippen LogP contribution in [0.15, 0.2) is 36.4 Å². The first kappa shape index (κ1) is 13.7. The number of rotatable bonds is 3. The number of benzene rings is 2. The molecular formula is C15H17N3O2. The highest BCUT2D eigenvalue weighted by atomic mass is 16.5. The number of anilines is 3. The average molecular weight is 271 g/mol. The topological polar surface area (TPSA) is 90.4 Å². The predicted molar refractivity (Wildman–Crippen MR) is 81.0 cm³/mol. The molecule has 0 bridgehead atoms. The number of methoxy groups -OCH3 is 1. The number of carbonyl (C=O) groups excluding carboxylic acids is 1. The molecule has 0 fully saturated rings. The van der Waals surface area contributed by atoms with Crippen LogP contribution in [0.25, 0.3) is 0 Å². The van der Waals surface area contributed by atoms with E-state index in [4.69, 9.17) is 16.2 Å². The molecule has 0 aromatic heterocycles. The van der Waals surface area contributed by atoms with Crippen molar-refractivity contribution < 1.29 is 9.53 Å². The Morgan fingerprint density at radius 3 is 2.60 bits per heavy atom. The third kappa shape index (κ3) is 2.83. The van der Waals surface area contributed by atoms with E-state index in [-0.39, 0.29) is 5.91 Å². The van der Waals surface area contributed by atoms with Crippen molar-refractivity contribution in [1.29, 1.82) is 0 Å². The van der Waals surface area contributed by atoms with Crippen LogP contribution in [0.2, 0.25) is 0 Å². The molecule has 0 spiro atoms. The summed E-state index contributed by atoms with van der Waals surface area (Å²) in [7, 11) is 1.53. The van der Waals surface area contributed by atoms with Gasteiger partial charge in [0, 0.05) is 23.0 Å². The van der Waals surface area contributed by atoms with Crippen molar-refractivity contribution in [3.8, 4) is 5.75 Å². The van der Waals surface area contributed by atoms with Gasteiger partial charge in [-0.05, 0) is 36.8 Å². The number of aryl methyl sites for hydroxylation is 1. The molecule has 0 heterocycles. The number of hydrogen-bond donors (Lipinski definition) is 3. The van der Waals surface area contributed by atoms with Crippen molar-refractivity contribution >= 4 is 23.0 Å². The average Bonchev–Trinajstić information content (AvgIpc) is 2.42. The second-order valence-electron chi connectivity index (χ2n) is 4.49. The van der Waals surface area contributed by atoms with Crippen molar-refractivity contribution in [2.75, 3.05) is 23.9 Å². The van der Waals surface area contributed by atoms with Gasteiger partial charge in [-0.15, -0.1) is 0 Å². The first-order valence-electron chi connectivity index (χ1n) is 6.12. The Balaban J connectivity index is 2.30. The van der Waals surface area contributed by atoms with E-state index in [0.717, 1.165) is 5.56 Å². The summed E-state index contributed by atoms with van der Waals surface area (Å²) in [5.41, 5.74) is 14.6. The Hall–Kier alpha value is -2.69. The Bertz CT molecular complexity index is 654. The highest BCUT2D eigenvalue weighted by Gasteiger charge is 2.11. The van der Waals surface area contributed by atoms with Crippen LogP contribution in [0.1, 0.15) is 15.9 Å². The fraction of sp³-hybridized carbons (Fsp3) is 0.133. The molecule has 5 heteroatoms. The zero-order chi connectivity index (χ0) is 14.7. The van der Waals surface area contributed by atoms with Crippen molar-refractivity contribution in [2.24, 2.45) is 0 Å². The fourth-order valence-corrected chi connectivity index (χ4v) is 1.84. The zero-order valence-corrected chi connectivity index (χ0v) is 11.4. The molecule has 0 aliphatic heterocycles. The lowest BCUT2D eigenvalue weighted by Gasteiger charge is -2.13. The van der Waals surface area contributed by atoms with E-state index in [1.165, 1.54) is 7.11 Å². The summed E-state index contributed by atoms with van der Waals surface area (Å²) in [6, 6.07) is 10.2. The summed E-state index contributed by atoms with van der Waals surface area (Å²) < 4.78 is 5.22. The van der Waals surface area contributed by atoms with Gasteiger partial charge in [-0.25, -0.2) is 0 Å². The standard InChI is InChI=1S/C15H17N3O2/c1-9-6-13(14(20-2)8-12(9)17)18-15(19)10-4-3-5-11(16)7-10/h3-8H,16-17H2,1-2H3,(H,18,19). The summed E-state index contributed by atoms with van der Waals surface area (Å²) in [5, 5.41) is 2.80. The number of hydrogen-bond acceptors (Lipinski definition) is 4. The van der Waals surface area contributed by atoms with Crippen LogP contribution >= 0.6 is 0 Å². The Labute approximate surface area is 117 Å². The van der Waals surface area contributed by atoms with Gasteiger partial charge in [-0.3, -0.25) is 4.79 Å². The van der Waals surface area contributed by atoms with Crippen LogP contribution in [0, 0.1) is 6.92 Å². The Kier molecular flexibility index (Phi) is 3.79. The lowest BCUT2D eigenvalue weighted by atomic mass is 10.1. The lowest BCUT2D eigenvalue weighted by molar-refractivity contribution is 0.102. The largest absolute Gasteiger partial charge is 0.494 e. The molecular weight excluding hydrogens is 254 g/mol. The summed E-state index contributed by atoms with van der Waals surface area (Å²) in [6.07, 6.45) is 0.